The fraction of sp³-hybridized carbons (Fsp3) is 1.00. The van der Waals surface area contributed by atoms with Crippen LogP contribution in [0, 0.1) is 0 Å². The molecule has 36 heavy (non-hydrogen) atoms. The molecule has 0 rings (SSSR count). The smallest absolute Gasteiger partial charge is 0.0833 e. The van der Waals surface area contributed by atoms with Crippen molar-refractivity contribution >= 4 is 0 Å². The summed E-state index contributed by atoms with van der Waals surface area (Å²) in [6.07, 6.45) is 29.0. The minimum atomic E-state index is 0. The maximum absolute atomic E-state index is 6.41. The van der Waals surface area contributed by atoms with Crippen LogP contribution < -0.4 is 12.4 Å². The van der Waals surface area contributed by atoms with Gasteiger partial charge in [0.25, 0.3) is 0 Å². The van der Waals surface area contributed by atoms with Crippen molar-refractivity contribution in [3.8, 4) is 0 Å². The number of rotatable bonds is 28. The van der Waals surface area contributed by atoms with E-state index in [1.807, 2.05) is 0 Å². The monoisotopic (exact) mass is 533 g/mol. The van der Waals surface area contributed by atoms with Gasteiger partial charge in [0.1, 0.15) is 0 Å². The summed E-state index contributed by atoms with van der Waals surface area (Å²) in [6.45, 7) is 9.75. The Balaban J connectivity index is 0. The molecule has 0 saturated carbocycles. The molecule has 0 fully saturated rings. The van der Waals surface area contributed by atoms with Gasteiger partial charge in [-0.05, 0) is 19.8 Å². The van der Waals surface area contributed by atoms with Crippen LogP contribution in [0.5, 0.6) is 0 Å². The van der Waals surface area contributed by atoms with E-state index in [1.165, 1.54) is 122 Å². The third-order valence-corrected chi connectivity index (χ3v) is 7.30. The number of ether oxygens (including phenoxy) is 2. The molecule has 0 aromatic carbocycles. The van der Waals surface area contributed by atoms with Gasteiger partial charge < -0.3 is 26.4 Å². The van der Waals surface area contributed by atoms with Crippen molar-refractivity contribution in [2.45, 2.75) is 168 Å². The third-order valence-electron chi connectivity index (χ3n) is 7.30. The Morgan fingerprint density at radius 2 is 0.889 bits per heavy atom. The number of nitrogens with zero attached hydrogens (tertiary/aromatic N) is 1. The summed E-state index contributed by atoms with van der Waals surface area (Å²) >= 11 is 0. The lowest BCUT2D eigenvalue weighted by atomic mass is 10.0. The highest BCUT2D eigenvalue weighted by atomic mass is 35.5. The van der Waals surface area contributed by atoms with Crippen LogP contribution in [-0.2, 0) is 9.47 Å². The van der Waals surface area contributed by atoms with E-state index < -0.39 is 0 Å². The van der Waals surface area contributed by atoms with E-state index in [1.54, 1.807) is 0 Å². The second kappa shape index (κ2) is 28.2. The van der Waals surface area contributed by atoms with Crippen LogP contribution in [0.4, 0.5) is 0 Å². The first-order valence-electron chi connectivity index (χ1n) is 15.9. The lowest BCUT2D eigenvalue weighted by molar-refractivity contribution is -0.870. The molecule has 0 radical (unpaired) electrons. The van der Waals surface area contributed by atoms with Crippen molar-refractivity contribution < 1.29 is 26.4 Å². The Hall–Kier alpha value is 0.170. The van der Waals surface area contributed by atoms with Gasteiger partial charge in [0.15, 0.2) is 0 Å². The van der Waals surface area contributed by atoms with E-state index in [4.69, 9.17) is 9.47 Å². The number of hydrogen-bond acceptors (Lipinski definition) is 2. The standard InChI is InChI=1S/C32H68NO2.ClH/c1-7-9-11-13-15-17-18-19-20-22-24-27-32(31(3)34-30-26-28-33(4,5)6)35-29-25-23-21-16-14-12-10-8-2;/h31-32H,7-30H2,1-6H3;1H/q+1;/p-1. The summed E-state index contributed by atoms with van der Waals surface area (Å²) < 4.78 is 13.7. The summed E-state index contributed by atoms with van der Waals surface area (Å²) in [7, 11) is 6.77. The summed E-state index contributed by atoms with van der Waals surface area (Å²) in [6, 6.07) is 0. The van der Waals surface area contributed by atoms with Crippen molar-refractivity contribution in [3.63, 3.8) is 0 Å². The van der Waals surface area contributed by atoms with Crippen LogP contribution in [-0.4, -0.2) is 57.6 Å². The predicted molar refractivity (Wildman–Crippen MR) is 156 cm³/mol. The average Bonchev–Trinajstić information content (AvgIpc) is 2.82. The molecule has 0 saturated heterocycles. The van der Waals surface area contributed by atoms with Gasteiger partial charge in [0.05, 0.1) is 46.5 Å². The molecule has 0 amide bonds. The molecule has 0 aliphatic rings. The molecule has 2 unspecified atom stereocenters. The van der Waals surface area contributed by atoms with Gasteiger partial charge in [-0.2, -0.15) is 0 Å². The minimum absolute atomic E-state index is 0. The van der Waals surface area contributed by atoms with Crippen molar-refractivity contribution in [1.82, 2.24) is 0 Å². The maximum Gasteiger partial charge on any atom is 0.0833 e. The first-order chi connectivity index (χ1) is 16.9. The fourth-order valence-electron chi connectivity index (χ4n) is 4.85. The van der Waals surface area contributed by atoms with Crippen LogP contribution in [0.25, 0.3) is 0 Å². The predicted octanol–water partition coefficient (Wildman–Crippen LogP) is 6.72. The first kappa shape index (κ1) is 38.3. The lowest BCUT2D eigenvalue weighted by Gasteiger charge is -2.27. The first-order valence-corrected chi connectivity index (χ1v) is 15.9. The fourth-order valence-corrected chi connectivity index (χ4v) is 4.85. The quantitative estimate of drug-likeness (QED) is 0.0820. The molecule has 0 spiro atoms. The third kappa shape index (κ3) is 28.7. The SMILES string of the molecule is CCCCCCCCCCCCCC(OCCCCCCCCCC)C(C)OCCC[N+](C)(C)C.[Cl-]. The summed E-state index contributed by atoms with van der Waals surface area (Å²) in [4.78, 5) is 0. The summed E-state index contributed by atoms with van der Waals surface area (Å²) in [5.74, 6) is 0. The Morgan fingerprint density at radius 3 is 1.33 bits per heavy atom. The van der Waals surface area contributed by atoms with Crippen LogP contribution in [0.1, 0.15) is 156 Å². The van der Waals surface area contributed by atoms with E-state index in [9.17, 15) is 0 Å². The van der Waals surface area contributed by atoms with Gasteiger partial charge in [-0.15, -0.1) is 0 Å². The Bertz CT molecular complexity index is 413. The molecule has 0 aromatic rings. The van der Waals surface area contributed by atoms with E-state index in [2.05, 4.69) is 41.9 Å². The van der Waals surface area contributed by atoms with Gasteiger partial charge in [-0.1, -0.05) is 129 Å². The van der Waals surface area contributed by atoms with Crippen molar-refractivity contribution in [2.75, 3.05) is 40.9 Å². The van der Waals surface area contributed by atoms with Gasteiger partial charge in [-0.25, -0.2) is 0 Å². The van der Waals surface area contributed by atoms with E-state index in [0.717, 1.165) is 37.1 Å². The number of halogens is 1. The summed E-state index contributed by atoms with van der Waals surface area (Å²) in [5, 5.41) is 0. The molecule has 0 aliphatic heterocycles. The van der Waals surface area contributed by atoms with Crippen molar-refractivity contribution in [3.05, 3.63) is 0 Å². The van der Waals surface area contributed by atoms with Gasteiger partial charge >= 0.3 is 0 Å². The molecule has 220 valence electrons. The largest absolute Gasteiger partial charge is 1.00 e. The van der Waals surface area contributed by atoms with E-state index >= 15 is 0 Å². The molecular weight excluding hydrogens is 466 g/mol. The number of hydrogen-bond donors (Lipinski definition) is 0. The minimum Gasteiger partial charge on any atom is -1.00 e. The zero-order valence-electron chi connectivity index (χ0n) is 25.8. The lowest BCUT2D eigenvalue weighted by Crippen LogP contribution is -3.00. The number of unbranched alkanes of at least 4 members (excludes halogenated alkanes) is 17. The number of quaternary nitrogens is 1. The highest BCUT2D eigenvalue weighted by molar-refractivity contribution is 4.67. The van der Waals surface area contributed by atoms with Crippen LogP contribution in [0.3, 0.4) is 0 Å². The molecule has 0 bridgehead atoms. The Morgan fingerprint density at radius 1 is 0.500 bits per heavy atom. The molecule has 4 heteroatoms. The second-order valence-electron chi connectivity index (χ2n) is 12.2. The van der Waals surface area contributed by atoms with Crippen LogP contribution in [0.15, 0.2) is 0 Å². The average molecular weight is 534 g/mol. The Kier molecular flexibility index (Phi) is 30.0. The highest BCUT2D eigenvalue weighted by Gasteiger charge is 2.19. The summed E-state index contributed by atoms with van der Waals surface area (Å²) in [5.41, 5.74) is 0. The Labute approximate surface area is 234 Å². The van der Waals surface area contributed by atoms with Crippen LogP contribution >= 0.6 is 0 Å². The molecule has 0 aliphatic carbocycles. The molecule has 0 aromatic heterocycles. The van der Waals surface area contributed by atoms with Crippen LogP contribution in [0.2, 0.25) is 0 Å². The molecule has 2 atom stereocenters. The zero-order valence-corrected chi connectivity index (χ0v) is 26.5. The molecule has 3 nitrogen and oxygen atoms in total. The van der Waals surface area contributed by atoms with Crippen molar-refractivity contribution in [2.24, 2.45) is 0 Å². The van der Waals surface area contributed by atoms with Gasteiger partial charge in [0.2, 0.25) is 0 Å². The van der Waals surface area contributed by atoms with E-state index in [0.29, 0.717) is 0 Å². The van der Waals surface area contributed by atoms with E-state index in [-0.39, 0.29) is 24.6 Å². The van der Waals surface area contributed by atoms with Gasteiger partial charge in [-0.3, -0.25) is 0 Å². The molecule has 0 N–H and O–H groups in total. The normalized spacial score (nSPS) is 13.5. The van der Waals surface area contributed by atoms with Crippen molar-refractivity contribution in [1.29, 1.82) is 0 Å². The second-order valence-corrected chi connectivity index (χ2v) is 12.2. The van der Waals surface area contributed by atoms with Gasteiger partial charge in [0, 0.05) is 13.0 Å². The maximum atomic E-state index is 6.41. The topological polar surface area (TPSA) is 18.5 Å². The highest BCUT2D eigenvalue weighted by Crippen LogP contribution is 2.17. The zero-order chi connectivity index (χ0) is 26.0. The molecular formula is C32H68ClNO2. The molecule has 0 heterocycles.